The molecule has 0 saturated carbocycles. The lowest BCUT2D eigenvalue weighted by Gasteiger charge is -2.15. The van der Waals surface area contributed by atoms with E-state index >= 15 is 0 Å². The smallest absolute Gasteiger partial charge is 0.229 e. The zero-order chi connectivity index (χ0) is 14.5. The number of nitrogens with one attached hydrogen (secondary N) is 3. The molecule has 0 aliphatic carbocycles. The lowest BCUT2D eigenvalue weighted by molar-refractivity contribution is -0.120. The number of anilines is 2. The Labute approximate surface area is 119 Å². The Hall–Kier alpha value is -1.88. The van der Waals surface area contributed by atoms with E-state index < -0.39 is 0 Å². The van der Waals surface area contributed by atoms with Crippen LogP contribution in [0.3, 0.4) is 0 Å². The molecule has 2 rings (SSSR count). The van der Waals surface area contributed by atoms with Gasteiger partial charge < -0.3 is 16.0 Å². The van der Waals surface area contributed by atoms with Gasteiger partial charge in [-0.3, -0.25) is 9.59 Å². The van der Waals surface area contributed by atoms with Gasteiger partial charge in [0.05, 0.1) is 5.92 Å². The van der Waals surface area contributed by atoms with Gasteiger partial charge in [-0.25, -0.2) is 0 Å². The van der Waals surface area contributed by atoms with Crippen molar-refractivity contribution in [1.29, 1.82) is 0 Å². The minimum Gasteiger partial charge on any atom is -0.326 e. The van der Waals surface area contributed by atoms with Crippen molar-refractivity contribution in [3.63, 3.8) is 0 Å². The highest BCUT2D eigenvalue weighted by atomic mass is 16.2. The van der Waals surface area contributed by atoms with Crippen molar-refractivity contribution >= 4 is 23.2 Å². The molecule has 0 spiro atoms. The summed E-state index contributed by atoms with van der Waals surface area (Å²) in [6.07, 6.45) is 1.29. The second kappa shape index (κ2) is 6.52. The highest BCUT2D eigenvalue weighted by molar-refractivity contribution is 5.95. The Morgan fingerprint density at radius 3 is 2.60 bits per heavy atom. The first-order valence-electron chi connectivity index (χ1n) is 7.04. The molecular weight excluding hydrogens is 254 g/mol. The average molecular weight is 275 g/mol. The fourth-order valence-corrected chi connectivity index (χ4v) is 2.38. The largest absolute Gasteiger partial charge is 0.326 e. The number of carbonyl (C=O) groups is 2. The number of rotatable bonds is 4. The van der Waals surface area contributed by atoms with Crippen LogP contribution in [-0.2, 0) is 9.59 Å². The number of hydrogen-bond donors (Lipinski definition) is 3. The van der Waals surface area contributed by atoms with E-state index in [0.717, 1.165) is 13.0 Å². The zero-order valence-corrected chi connectivity index (χ0v) is 11.9. The van der Waals surface area contributed by atoms with Crippen LogP contribution in [0.2, 0.25) is 0 Å². The Morgan fingerprint density at radius 2 is 2.00 bits per heavy atom. The standard InChI is InChI=1S/C15H21N3O2/c1-3-14(19)17-11-5-4-6-12(9-11)18-15(20)13-7-8-16-10(13)2/h4-6,9-10,13,16H,3,7-8H2,1-2H3,(H,17,19)(H,18,20). The van der Waals surface area contributed by atoms with Gasteiger partial charge in [0.25, 0.3) is 0 Å². The molecular formula is C15H21N3O2. The van der Waals surface area contributed by atoms with Crippen LogP contribution in [0.1, 0.15) is 26.7 Å². The van der Waals surface area contributed by atoms with Gasteiger partial charge in [-0.15, -0.1) is 0 Å². The number of benzene rings is 1. The predicted molar refractivity (Wildman–Crippen MR) is 79.6 cm³/mol. The molecule has 1 fully saturated rings. The summed E-state index contributed by atoms with van der Waals surface area (Å²) < 4.78 is 0. The van der Waals surface area contributed by atoms with Crippen molar-refractivity contribution in [3.8, 4) is 0 Å². The van der Waals surface area contributed by atoms with E-state index in [0.29, 0.717) is 17.8 Å². The summed E-state index contributed by atoms with van der Waals surface area (Å²) in [6.45, 7) is 4.70. The van der Waals surface area contributed by atoms with Gasteiger partial charge in [-0.05, 0) is 38.1 Å². The van der Waals surface area contributed by atoms with E-state index in [2.05, 4.69) is 16.0 Å². The summed E-state index contributed by atoms with van der Waals surface area (Å²) >= 11 is 0. The summed E-state index contributed by atoms with van der Waals surface area (Å²) in [5, 5.41) is 8.96. The van der Waals surface area contributed by atoms with Crippen LogP contribution in [0.25, 0.3) is 0 Å². The van der Waals surface area contributed by atoms with Crippen LogP contribution >= 0.6 is 0 Å². The second-order valence-corrected chi connectivity index (χ2v) is 5.11. The van der Waals surface area contributed by atoms with Crippen molar-refractivity contribution in [2.45, 2.75) is 32.7 Å². The maximum absolute atomic E-state index is 12.2. The fourth-order valence-electron chi connectivity index (χ4n) is 2.38. The molecule has 0 aromatic heterocycles. The summed E-state index contributed by atoms with van der Waals surface area (Å²) in [6, 6.07) is 7.43. The van der Waals surface area contributed by atoms with E-state index in [4.69, 9.17) is 0 Å². The van der Waals surface area contributed by atoms with Crippen molar-refractivity contribution < 1.29 is 9.59 Å². The van der Waals surface area contributed by atoms with E-state index in [-0.39, 0.29) is 23.8 Å². The fraction of sp³-hybridized carbons (Fsp3) is 0.467. The average Bonchev–Trinajstić information content (AvgIpc) is 2.85. The van der Waals surface area contributed by atoms with Gasteiger partial charge in [-0.2, -0.15) is 0 Å². The van der Waals surface area contributed by atoms with Gasteiger partial charge >= 0.3 is 0 Å². The van der Waals surface area contributed by atoms with E-state index in [1.54, 1.807) is 13.0 Å². The Bertz CT molecular complexity index is 502. The van der Waals surface area contributed by atoms with Gasteiger partial charge in [-0.1, -0.05) is 13.0 Å². The maximum atomic E-state index is 12.2. The van der Waals surface area contributed by atoms with E-state index in [1.165, 1.54) is 0 Å². The molecule has 1 aromatic carbocycles. The quantitative estimate of drug-likeness (QED) is 0.787. The molecule has 2 atom stereocenters. The lowest BCUT2D eigenvalue weighted by Crippen LogP contribution is -2.32. The van der Waals surface area contributed by atoms with Crippen LogP contribution < -0.4 is 16.0 Å². The van der Waals surface area contributed by atoms with Crippen LogP contribution in [0.15, 0.2) is 24.3 Å². The van der Waals surface area contributed by atoms with Crippen LogP contribution in [0.4, 0.5) is 11.4 Å². The number of amides is 2. The molecule has 1 aliphatic heterocycles. The molecule has 1 aromatic rings. The third-order valence-corrected chi connectivity index (χ3v) is 3.60. The SMILES string of the molecule is CCC(=O)Nc1cccc(NC(=O)C2CCNC2C)c1. The molecule has 3 N–H and O–H groups in total. The van der Waals surface area contributed by atoms with Crippen molar-refractivity contribution in [2.24, 2.45) is 5.92 Å². The summed E-state index contributed by atoms with van der Waals surface area (Å²) in [5.74, 6) is -0.00699. The van der Waals surface area contributed by atoms with Gasteiger partial charge in [0.1, 0.15) is 0 Å². The third-order valence-electron chi connectivity index (χ3n) is 3.60. The highest BCUT2D eigenvalue weighted by Crippen LogP contribution is 2.20. The maximum Gasteiger partial charge on any atom is 0.229 e. The summed E-state index contributed by atoms with van der Waals surface area (Å²) in [5.41, 5.74) is 1.41. The van der Waals surface area contributed by atoms with Crippen LogP contribution in [-0.4, -0.2) is 24.4 Å². The normalized spacial score (nSPS) is 21.5. The minimum absolute atomic E-state index is 0.00360. The summed E-state index contributed by atoms with van der Waals surface area (Å²) in [7, 11) is 0. The predicted octanol–water partition coefficient (Wildman–Crippen LogP) is 1.97. The first kappa shape index (κ1) is 14.5. The molecule has 5 heteroatoms. The summed E-state index contributed by atoms with van der Waals surface area (Å²) in [4.78, 5) is 23.5. The molecule has 2 unspecified atom stereocenters. The molecule has 5 nitrogen and oxygen atoms in total. The third kappa shape index (κ3) is 3.57. The van der Waals surface area contributed by atoms with Gasteiger partial charge in [0.15, 0.2) is 0 Å². The minimum atomic E-state index is -0.0397. The van der Waals surface area contributed by atoms with Crippen molar-refractivity contribution in [2.75, 3.05) is 17.2 Å². The monoisotopic (exact) mass is 275 g/mol. The Kier molecular flexibility index (Phi) is 4.74. The molecule has 0 radical (unpaired) electrons. The number of hydrogen-bond acceptors (Lipinski definition) is 3. The Morgan fingerprint density at radius 1 is 1.30 bits per heavy atom. The molecule has 1 saturated heterocycles. The molecule has 0 bridgehead atoms. The first-order chi connectivity index (χ1) is 9.60. The zero-order valence-electron chi connectivity index (χ0n) is 11.9. The second-order valence-electron chi connectivity index (χ2n) is 5.11. The molecule has 2 amide bonds. The number of carbonyl (C=O) groups excluding carboxylic acids is 2. The molecule has 1 heterocycles. The van der Waals surface area contributed by atoms with E-state index in [9.17, 15) is 9.59 Å². The van der Waals surface area contributed by atoms with Crippen molar-refractivity contribution in [1.82, 2.24) is 5.32 Å². The van der Waals surface area contributed by atoms with Gasteiger partial charge in [0, 0.05) is 23.8 Å². The molecule has 108 valence electrons. The highest BCUT2D eigenvalue weighted by Gasteiger charge is 2.29. The van der Waals surface area contributed by atoms with Gasteiger partial charge in [0.2, 0.25) is 11.8 Å². The van der Waals surface area contributed by atoms with Crippen molar-refractivity contribution in [3.05, 3.63) is 24.3 Å². The molecule has 1 aliphatic rings. The van der Waals surface area contributed by atoms with E-state index in [1.807, 2.05) is 25.1 Å². The molecule has 20 heavy (non-hydrogen) atoms. The Balaban J connectivity index is 2.00. The van der Waals surface area contributed by atoms with Crippen LogP contribution in [0, 0.1) is 5.92 Å². The first-order valence-corrected chi connectivity index (χ1v) is 7.04. The topological polar surface area (TPSA) is 70.2 Å². The lowest BCUT2D eigenvalue weighted by atomic mass is 10.0. The van der Waals surface area contributed by atoms with Crippen LogP contribution in [0.5, 0.6) is 0 Å².